The first kappa shape index (κ1) is 6.18. The summed E-state index contributed by atoms with van der Waals surface area (Å²) in [4.78, 5) is 0. The molecular weight excluding hydrogens is 197 g/mol. The van der Waals surface area contributed by atoms with Crippen molar-refractivity contribution in [3.63, 3.8) is 0 Å². The molecule has 0 N–H and O–H groups in total. The van der Waals surface area contributed by atoms with E-state index in [4.69, 9.17) is 4.52 Å². The van der Waals surface area contributed by atoms with Crippen LogP contribution in [0.2, 0.25) is 0 Å². The fraction of sp³-hybridized carbons (Fsp3) is 1.00. The second-order valence-corrected chi connectivity index (χ2v) is 1.78. The van der Waals surface area contributed by atoms with Crippen LogP contribution in [-0.4, -0.2) is 12.2 Å². The Morgan fingerprint density at radius 2 is 2.60 bits per heavy atom. The summed E-state index contributed by atoms with van der Waals surface area (Å²) in [5.74, 6) is 0. The molecular formula is CH5BIOP. The van der Waals surface area contributed by atoms with Gasteiger partial charge in [0.15, 0.2) is 7.57 Å². The van der Waals surface area contributed by atoms with Crippen LogP contribution in [0, 0.1) is 0 Å². The maximum atomic E-state index is 4.85. The van der Waals surface area contributed by atoms with Crippen LogP contribution >= 0.6 is 31.3 Å². The fourth-order valence-corrected chi connectivity index (χ4v) is 1.10. The van der Waals surface area contributed by atoms with E-state index in [1.165, 1.54) is 0 Å². The summed E-state index contributed by atoms with van der Waals surface area (Å²) in [6, 6.07) is 0. The SMILES string of the molecule is BPOCI. The highest BCUT2D eigenvalue weighted by atomic mass is 127. The summed E-state index contributed by atoms with van der Waals surface area (Å²) < 4.78 is 5.67. The number of rotatable bonds is 2. The first-order valence-electron chi connectivity index (χ1n) is 1.26. The van der Waals surface area contributed by atoms with Crippen molar-refractivity contribution < 1.29 is 4.52 Å². The fourth-order valence-electron chi connectivity index (χ4n) is 0.0546. The van der Waals surface area contributed by atoms with Gasteiger partial charge in [-0.25, -0.2) is 0 Å². The molecule has 0 fully saturated rings. The van der Waals surface area contributed by atoms with E-state index in [9.17, 15) is 0 Å². The number of alkyl halides is 1. The zero-order valence-corrected chi connectivity index (χ0v) is 6.15. The molecule has 0 rings (SSSR count). The van der Waals surface area contributed by atoms with Crippen LogP contribution in [0.3, 0.4) is 0 Å². The smallest absolute Gasteiger partial charge is 0.165 e. The molecule has 0 aromatic heterocycles. The summed E-state index contributed by atoms with van der Waals surface area (Å²) in [5.41, 5.74) is 0. The lowest BCUT2D eigenvalue weighted by molar-refractivity contribution is 0.472. The van der Waals surface area contributed by atoms with Gasteiger partial charge in [-0.3, -0.25) is 0 Å². The molecule has 0 saturated carbocycles. The van der Waals surface area contributed by atoms with Crippen LogP contribution in [0.25, 0.3) is 0 Å². The van der Waals surface area contributed by atoms with Gasteiger partial charge < -0.3 is 4.52 Å². The van der Waals surface area contributed by atoms with Crippen molar-refractivity contribution in [2.75, 3.05) is 4.61 Å². The zero-order chi connectivity index (χ0) is 4.12. The van der Waals surface area contributed by atoms with Gasteiger partial charge in [0.2, 0.25) is 0 Å². The molecule has 1 atom stereocenters. The minimum absolute atomic E-state index is 0.650. The maximum absolute atomic E-state index is 4.85. The summed E-state index contributed by atoms with van der Waals surface area (Å²) in [5, 5.41) is 0. The Morgan fingerprint density at radius 1 is 2.00 bits per heavy atom. The first-order chi connectivity index (χ1) is 2.41. The van der Waals surface area contributed by atoms with Crippen LogP contribution in [0.15, 0.2) is 0 Å². The minimum atomic E-state index is 0.650. The standard InChI is InChI=1S/CH5BIOP/c2-5-4-1-3/h5H,1-2H2. The van der Waals surface area contributed by atoms with Crippen LogP contribution < -0.4 is 0 Å². The van der Waals surface area contributed by atoms with Gasteiger partial charge in [-0.1, -0.05) is 22.6 Å². The predicted octanol–water partition coefficient (Wildman–Crippen LogP) is 0.537. The van der Waals surface area contributed by atoms with Gasteiger partial charge >= 0.3 is 0 Å². The molecule has 0 aliphatic heterocycles. The molecule has 0 radical (unpaired) electrons. The van der Waals surface area contributed by atoms with Crippen molar-refractivity contribution in [2.45, 2.75) is 0 Å². The van der Waals surface area contributed by atoms with Gasteiger partial charge in [0.05, 0.1) is 0 Å². The minimum Gasteiger partial charge on any atom is -0.362 e. The van der Waals surface area contributed by atoms with Gasteiger partial charge in [-0.2, -0.15) is 0 Å². The highest BCUT2D eigenvalue weighted by Gasteiger charge is 1.66. The highest BCUT2D eigenvalue weighted by Crippen LogP contribution is 2.02. The van der Waals surface area contributed by atoms with Crippen molar-refractivity contribution in [3.8, 4) is 0 Å². The van der Waals surface area contributed by atoms with Crippen molar-refractivity contribution in [1.82, 2.24) is 0 Å². The molecule has 0 spiro atoms. The Balaban J connectivity index is 2.19. The summed E-state index contributed by atoms with van der Waals surface area (Å²) >= 11 is 2.17. The molecule has 30 valence electrons. The molecule has 0 aromatic rings. The van der Waals surface area contributed by atoms with E-state index in [0.717, 1.165) is 4.61 Å². The second kappa shape index (κ2) is 5.18. The maximum Gasteiger partial charge on any atom is 0.165 e. The average molecular weight is 202 g/mol. The van der Waals surface area contributed by atoms with E-state index in [1.54, 1.807) is 0 Å². The monoisotopic (exact) mass is 202 g/mol. The zero-order valence-electron chi connectivity index (χ0n) is 2.99. The van der Waals surface area contributed by atoms with Gasteiger partial charge in [0, 0.05) is 0 Å². The lowest BCUT2D eigenvalue weighted by Gasteiger charge is -1.84. The number of hydrogen-bond acceptors (Lipinski definition) is 1. The molecule has 1 unspecified atom stereocenters. The molecule has 0 heterocycles. The molecule has 0 saturated heterocycles. The van der Waals surface area contributed by atoms with Crippen molar-refractivity contribution in [2.24, 2.45) is 0 Å². The third kappa shape index (κ3) is 5.18. The molecule has 0 aromatic carbocycles. The summed E-state index contributed by atoms with van der Waals surface area (Å²) in [6.45, 7) is 0. The topological polar surface area (TPSA) is 9.23 Å². The highest BCUT2D eigenvalue weighted by molar-refractivity contribution is 14.1. The molecule has 0 bridgehead atoms. The molecule has 0 aliphatic carbocycles. The van der Waals surface area contributed by atoms with Gasteiger partial charge in [0.1, 0.15) is 4.61 Å². The Kier molecular flexibility index (Phi) is 6.41. The molecule has 0 aliphatic rings. The van der Waals surface area contributed by atoms with Crippen molar-refractivity contribution in [3.05, 3.63) is 0 Å². The average Bonchev–Trinajstić information content (AvgIpc) is 1.41. The van der Waals surface area contributed by atoms with E-state index >= 15 is 0 Å². The van der Waals surface area contributed by atoms with Gasteiger partial charge in [-0.05, 0) is 8.69 Å². The van der Waals surface area contributed by atoms with Crippen molar-refractivity contribution >= 4 is 38.8 Å². The first-order valence-corrected chi connectivity index (χ1v) is 4.19. The van der Waals surface area contributed by atoms with E-state index in [0.29, 0.717) is 8.69 Å². The van der Waals surface area contributed by atoms with Crippen LogP contribution in [0.5, 0.6) is 0 Å². The number of halogens is 1. The third-order valence-electron chi connectivity index (χ3n) is 0.199. The van der Waals surface area contributed by atoms with E-state index in [1.807, 2.05) is 7.57 Å². The van der Waals surface area contributed by atoms with E-state index in [2.05, 4.69) is 22.6 Å². The molecule has 0 amide bonds. The van der Waals surface area contributed by atoms with Crippen LogP contribution in [-0.2, 0) is 4.52 Å². The second-order valence-electron chi connectivity index (χ2n) is 0.458. The number of hydrogen-bond donors (Lipinski definition) is 0. The Hall–Kier alpha value is 1.18. The van der Waals surface area contributed by atoms with E-state index < -0.39 is 0 Å². The van der Waals surface area contributed by atoms with Crippen LogP contribution in [0.1, 0.15) is 0 Å². The lowest BCUT2D eigenvalue weighted by atomic mass is 10.8. The van der Waals surface area contributed by atoms with E-state index in [-0.39, 0.29) is 0 Å². The summed E-state index contributed by atoms with van der Waals surface area (Å²) in [6.07, 6.45) is 0. The predicted molar refractivity (Wildman–Crippen MR) is 36.8 cm³/mol. The largest absolute Gasteiger partial charge is 0.362 e. The Bertz CT molecular complexity index is 19.1. The third-order valence-corrected chi connectivity index (χ3v) is 1.53. The molecule has 5 heavy (non-hydrogen) atoms. The van der Waals surface area contributed by atoms with Gasteiger partial charge in [0.25, 0.3) is 0 Å². The van der Waals surface area contributed by atoms with Crippen LogP contribution in [0.4, 0.5) is 0 Å². The summed E-state index contributed by atoms with van der Waals surface area (Å²) in [7, 11) is 2.66. The Labute approximate surface area is 48.2 Å². The normalized spacial score (nSPS) is 10.6. The van der Waals surface area contributed by atoms with Crippen molar-refractivity contribution in [1.29, 1.82) is 0 Å². The quantitative estimate of drug-likeness (QED) is 0.274. The molecule has 1 nitrogen and oxygen atoms in total. The lowest BCUT2D eigenvalue weighted by Crippen LogP contribution is -1.63. The Morgan fingerprint density at radius 3 is 2.60 bits per heavy atom. The molecule has 4 heteroatoms. The van der Waals surface area contributed by atoms with Gasteiger partial charge in [-0.15, -0.1) is 0 Å².